The van der Waals surface area contributed by atoms with Crippen molar-refractivity contribution in [2.75, 3.05) is 0 Å². The zero-order chi connectivity index (χ0) is 12.8. The minimum Gasteiger partial charge on any atom is -0.289 e. The average Bonchev–Trinajstić information content (AvgIpc) is 2.24. The van der Waals surface area contributed by atoms with Gasteiger partial charge in [0.25, 0.3) is 10.1 Å². The monoisotopic (exact) mass is 252 g/mol. The first-order valence-corrected chi connectivity index (χ1v) is 6.15. The topological polar surface area (TPSA) is 88.5 Å². The van der Waals surface area contributed by atoms with Gasteiger partial charge in [-0.1, -0.05) is 24.3 Å². The van der Waals surface area contributed by atoms with Gasteiger partial charge in [0.1, 0.15) is 4.91 Å². The summed E-state index contributed by atoms with van der Waals surface area (Å²) in [6.45, 7) is 1.21. The zero-order valence-corrected chi connectivity index (χ0v) is 9.61. The molecule has 0 saturated heterocycles. The van der Waals surface area contributed by atoms with Crippen LogP contribution >= 0.6 is 0 Å². The minimum atomic E-state index is -4.69. The van der Waals surface area contributed by atoms with Crippen molar-refractivity contribution < 1.29 is 22.6 Å². The molecule has 1 aliphatic carbocycles. The number of carbonyl (C=O) groups excluding carboxylic acids is 2. The van der Waals surface area contributed by atoms with Gasteiger partial charge >= 0.3 is 0 Å². The van der Waals surface area contributed by atoms with Crippen molar-refractivity contribution in [2.45, 2.75) is 6.92 Å². The molecule has 1 N–H and O–H groups in total. The first-order valence-electron chi connectivity index (χ1n) is 4.71. The van der Waals surface area contributed by atoms with Gasteiger partial charge in [0.2, 0.25) is 5.78 Å². The van der Waals surface area contributed by atoms with Crippen molar-refractivity contribution in [3.63, 3.8) is 0 Å². The lowest BCUT2D eigenvalue weighted by molar-refractivity contribution is 0.0979. The van der Waals surface area contributed by atoms with Crippen LogP contribution in [0.4, 0.5) is 0 Å². The van der Waals surface area contributed by atoms with E-state index in [1.165, 1.54) is 25.1 Å². The van der Waals surface area contributed by atoms with E-state index in [0.717, 1.165) is 0 Å². The van der Waals surface area contributed by atoms with E-state index in [9.17, 15) is 18.0 Å². The molecule has 6 heteroatoms. The van der Waals surface area contributed by atoms with Crippen molar-refractivity contribution in [3.05, 3.63) is 45.9 Å². The maximum Gasteiger partial charge on any atom is 0.298 e. The van der Waals surface area contributed by atoms with Crippen LogP contribution in [0.5, 0.6) is 0 Å². The molecule has 0 aliphatic heterocycles. The maximum absolute atomic E-state index is 11.9. The SMILES string of the molecule is CC1=C(S(=O)(=O)O)C(=O)c2ccccc2C1=O. The number of fused-ring (bicyclic) bond motifs is 1. The summed E-state index contributed by atoms with van der Waals surface area (Å²) in [5.74, 6) is -1.41. The Hall–Kier alpha value is -1.79. The highest BCUT2D eigenvalue weighted by Crippen LogP contribution is 2.28. The van der Waals surface area contributed by atoms with Gasteiger partial charge in [-0.2, -0.15) is 8.42 Å². The van der Waals surface area contributed by atoms with Gasteiger partial charge in [-0.05, 0) is 6.92 Å². The predicted octanol–water partition coefficient (Wildman–Crippen LogP) is 1.23. The molecule has 0 bridgehead atoms. The van der Waals surface area contributed by atoms with E-state index >= 15 is 0 Å². The third kappa shape index (κ3) is 1.71. The molecule has 0 amide bonds. The Morgan fingerprint density at radius 3 is 1.94 bits per heavy atom. The molecular formula is C11H8O5S. The summed E-state index contributed by atoms with van der Waals surface area (Å²) in [6, 6.07) is 5.90. The Labute approximate surface area is 97.5 Å². The van der Waals surface area contributed by atoms with Gasteiger partial charge in [-0.3, -0.25) is 14.1 Å². The number of ketones is 2. The lowest BCUT2D eigenvalue weighted by atomic mass is 9.90. The minimum absolute atomic E-state index is 0.00396. The molecule has 1 aliphatic rings. The van der Waals surface area contributed by atoms with E-state index in [1.54, 1.807) is 6.07 Å². The van der Waals surface area contributed by atoms with Gasteiger partial charge < -0.3 is 0 Å². The van der Waals surface area contributed by atoms with E-state index in [2.05, 4.69) is 0 Å². The molecular weight excluding hydrogens is 244 g/mol. The Bertz CT molecular complexity index is 667. The average molecular weight is 252 g/mol. The van der Waals surface area contributed by atoms with Crippen molar-refractivity contribution in [3.8, 4) is 0 Å². The predicted molar refractivity (Wildman–Crippen MR) is 59.4 cm³/mol. The summed E-state index contributed by atoms with van der Waals surface area (Å²) in [5, 5.41) is 0. The van der Waals surface area contributed by atoms with Crippen LogP contribution in [0.15, 0.2) is 34.7 Å². The molecule has 5 nitrogen and oxygen atoms in total. The largest absolute Gasteiger partial charge is 0.298 e. The van der Waals surface area contributed by atoms with Gasteiger partial charge in [-0.25, -0.2) is 0 Å². The first-order chi connectivity index (χ1) is 7.84. The summed E-state index contributed by atoms with van der Waals surface area (Å²) >= 11 is 0. The third-order valence-corrected chi connectivity index (χ3v) is 3.57. The quantitative estimate of drug-likeness (QED) is 0.759. The zero-order valence-electron chi connectivity index (χ0n) is 8.80. The van der Waals surface area contributed by atoms with E-state index in [4.69, 9.17) is 4.55 Å². The van der Waals surface area contributed by atoms with Crippen LogP contribution < -0.4 is 0 Å². The van der Waals surface area contributed by atoms with E-state index in [-0.39, 0.29) is 16.7 Å². The van der Waals surface area contributed by atoms with Gasteiger partial charge in [-0.15, -0.1) is 0 Å². The Kier molecular flexibility index (Phi) is 2.48. The maximum atomic E-state index is 11.9. The van der Waals surface area contributed by atoms with Crippen molar-refractivity contribution in [1.82, 2.24) is 0 Å². The highest BCUT2D eigenvalue weighted by atomic mass is 32.2. The molecule has 0 fully saturated rings. The number of rotatable bonds is 1. The van der Waals surface area contributed by atoms with E-state index in [0.29, 0.717) is 0 Å². The van der Waals surface area contributed by atoms with Crippen molar-refractivity contribution in [1.29, 1.82) is 0 Å². The Balaban J connectivity index is 2.80. The highest BCUT2D eigenvalue weighted by molar-refractivity contribution is 7.91. The first kappa shape index (κ1) is 11.7. The fourth-order valence-corrected chi connectivity index (χ4v) is 2.61. The summed E-state index contributed by atoms with van der Waals surface area (Å²) in [6.07, 6.45) is 0. The number of hydrogen-bond donors (Lipinski definition) is 1. The molecule has 0 aromatic heterocycles. The molecule has 88 valence electrons. The molecule has 0 saturated carbocycles. The number of carbonyl (C=O) groups is 2. The molecule has 0 unspecified atom stereocenters. The van der Waals surface area contributed by atoms with Crippen LogP contribution in [0, 0.1) is 0 Å². The standard InChI is InChI=1S/C11H8O5S/c1-6-9(12)7-4-2-3-5-8(7)10(13)11(6)17(14,15)16/h2-5H,1H3,(H,14,15,16). The van der Waals surface area contributed by atoms with Crippen molar-refractivity contribution >= 4 is 21.7 Å². The fraction of sp³-hybridized carbons (Fsp3) is 0.0909. The van der Waals surface area contributed by atoms with Gasteiger partial charge in [0, 0.05) is 16.7 Å². The number of Topliss-reactive ketones (excluding diaryl/α,β-unsaturated/α-hetero) is 2. The summed E-state index contributed by atoms with van der Waals surface area (Å²) in [7, 11) is -4.69. The second kappa shape index (κ2) is 3.61. The summed E-state index contributed by atoms with van der Waals surface area (Å²) in [4.78, 5) is 22.9. The second-order valence-electron chi connectivity index (χ2n) is 3.63. The molecule has 0 radical (unpaired) electrons. The molecule has 0 heterocycles. The summed E-state index contributed by atoms with van der Waals surface area (Å²) in [5.41, 5.74) is -0.102. The molecule has 17 heavy (non-hydrogen) atoms. The molecule has 1 aromatic rings. The fourth-order valence-electron chi connectivity index (χ4n) is 1.79. The number of hydrogen-bond acceptors (Lipinski definition) is 4. The molecule has 1 aromatic carbocycles. The third-order valence-electron chi connectivity index (χ3n) is 2.56. The van der Waals surface area contributed by atoms with Crippen molar-refractivity contribution in [2.24, 2.45) is 0 Å². The molecule has 0 spiro atoms. The van der Waals surface area contributed by atoms with Gasteiger partial charge in [0.15, 0.2) is 5.78 Å². The van der Waals surface area contributed by atoms with Crippen LogP contribution in [-0.4, -0.2) is 24.5 Å². The Morgan fingerprint density at radius 2 is 1.47 bits per heavy atom. The molecule has 0 atom stereocenters. The Morgan fingerprint density at radius 1 is 1.00 bits per heavy atom. The van der Waals surface area contributed by atoms with Crippen LogP contribution in [0.1, 0.15) is 27.6 Å². The van der Waals surface area contributed by atoms with Crippen LogP contribution in [0.2, 0.25) is 0 Å². The lowest BCUT2D eigenvalue weighted by Crippen LogP contribution is -2.25. The summed E-state index contributed by atoms with van der Waals surface area (Å²) < 4.78 is 31.1. The van der Waals surface area contributed by atoms with E-state index < -0.39 is 26.6 Å². The van der Waals surface area contributed by atoms with E-state index in [1.807, 2.05) is 0 Å². The van der Waals surface area contributed by atoms with Crippen LogP contribution in [-0.2, 0) is 10.1 Å². The van der Waals surface area contributed by atoms with Crippen LogP contribution in [0.25, 0.3) is 0 Å². The normalized spacial score (nSPS) is 16.1. The second-order valence-corrected chi connectivity index (χ2v) is 4.99. The highest BCUT2D eigenvalue weighted by Gasteiger charge is 2.35. The van der Waals surface area contributed by atoms with Gasteiger partial charge in [0.05, 0.1) is 0 Å². The lowest BCUT2D eigenvalue weighted by Gasteiger charge is -2.16. The molecule has 2 rings (SSSR count). The number of benzene rings is 1. The smallest absolute Gasteiger partial charge is 0.289 e. The number of allylic oxidation sites excluding steroid dienone is 2. The van der Waals surface area contributed by atoms with Crippen LogP contribution in [0.3, 0.4) is 0 Å².